The highest BCUT2D eigenvalue weighted by Crippen LogP contribution is 2.31. The molecule has 16 heavy (non-hydrogen) atoms. The van der Waals surface area contributed by atoms with Crippen LogP contribution < -0.4 is 10.1 Å². The third-order valence-corrected chi connectivity index (χ3v) is 2.84. The summed E-state index contributed by atoms with van der Waals surface area (Å²) in [6, 6.07) is 10.8. The predicted molar refractivity (Wildman–Crippen MR) is 62.1 cm³/mol. The maximum absolute atomic E-state index is 8.65. The number of nitrogens with zero attached hydrogens (tertiary/aromatic N) is 1. The molecule has 1 N–H and O–H groups in total. The van der Waals surface area contributed by atoms with E-state index in [0.717, 1.165) is 18.8 Å². The van der Waals surface area contributed by atoms with Gasteiger partial charge in [0.15, 0.2) is 0 Å². The SMILES string of the molecule is C[C@H](CC#N)N[C@H]1CCOc2ccccc21. The number of ether oxygens (including phenoxy) is 1. The first-order valence-electron chi connectivity index (χ1n) is 5.66. The fourth-order valence-corrected chi connectivity index (χ4v) is 2.05. The van der Waals surface area contributed by atoms with Crippen molar-refractivity contribution < 1.29 is 4.74 Å². The Kier molecular flexibility index (Phi) is 3.43. The summed E-state index contributed by atoms with van der Waals surface area (Å²) >= 11 is 0. The van der Waals surface area contributed by atoms with Gasteiger partial charge in [0.1, 0.15) is 5.75 Å². The number of hydrogen-bond acceptors (Lipinski definition) is 3. The van der Waals surface area contributed by atoms with Gasteiger partial charge in [0.05, 0.1) is 19.1 Å². The minimum Gasteiger partial charge on any atom is -0.493 e. The number of rotatable bonds is 3. The van der Waals surface area contributed by atoms with Crippen LogP contribution in [0.15, 0.2) is 24.3 Å². The smallest absolute Gasteiger partial charge is 0.124 e. The third-order valence-electron chi connectivity index (χ3n) is 2.84. The molecule has 1 aliphatic rings. The Labute approximate surface area is 96.0 Å². The van der Waals surface area contributed by atoms with Crippen LogP contribution in [0.25, 0.3) is 0 Å². The normalized spacial score (nSPS) is 20.4. The summed E-state index contributed by atoms with van der Waals surface area (Å²) < 4.78 is 5.59. The van der Waals surface area contributed by atoms with Crippen molar-refractivity contribution in [3.63, 3.8) is 0 Å². The van der Waals surface area contributed by atoms with Gasteiger partial charge in [0.2, 0.25) is 0 Å². The molecule has 0 radical (unpaired) electrons. The second-order valence-corrected chi connectivity index (χ2v) is 4.16. The molecule has 0 saturated carbocycles. The van der Waals surface area contributed by atoms with Gasteiger partial charge in [0.25, 0.3) is 0 Å². The van der Waals surface area contributed by atoms with Crippen LogP contribution in [0, 0.1) is 11.3 Å². The summed E-state index contributed by atoms with van der Waals surface area (Å²) in [7, 11) is 0. The second-order valence-electron chi connectivity index (χ2n) is 4.16. The highest BCUT2D eigenvalue weighted by Gasteiger charge is 2.21. The van der Waals surface area contributed by atoms with E-state index in [9.17, 15) is 0 Å². The predicted octanol–water partition coefficient (Wildman–Crippen LogP) is 2.40. The average Bonchev–Trinajstić information content (AvgIpc) is 2.30. The molecule has 1 aromatic rings. The molecule has 1 aromatic carbocycles. The molecule has 1 aliphatic heterocycles. The standard InChI is InChI=1S/C13H16N2O/c1-10(6-8-14)15-12-7-9-16-13-5-3-2-4-11(12)13/h2-5,10,12,15H,6-7,9H2,1H3/t10-,12+/m1/s1. The number of nitriles is 1. The van der Waals surface area contributed by atoms with Crippen molar-refractivity contribution in [2.75, 3.05) is 6.61 Å². The van der Waals surface area contributed by atoms with E-state index in [1.807, 2.05) is 25.1 Å². The van der Waals surface area contributed by atoms with Crippen LogP contribution in [0.3, 0.4) is 0 Å². The number of fused-ring (bicyclic) bond motifs is 1. The Morgan fingerprint density at radius 3 is 3.19 bits per heavy atom. The minimum absolute atomic E-state index is 0.223. The quantitative estimate of drug-likeness (QED) is 0.843. The first-order chi connectivity index (χ1) is 7.81. The largest absolute Gasteiger partial charge is 0.493 e. The topological polar surface area (TPSA) is 45.0 Å². The maximum atomic E-state index is 8.65. The lowest BCUT2D eigenvalue weighted by Gasteiger charge is -2.28. The molecule has 0 spiro atoms. The zero-order chi connectivity index (χ0) is 11.4. The highest BCUT2D eigenvalue weighted by molar-refractivity contribution is 5.37. The minimum atomic E-state index is 0.223. The van der Waals surface area contributed by atoms with E-state index in [0.29, 0.717) is 12.5 Å². The van der Waals surface area contributed by atoms with Crippen molar-refractivity contribution in [2.24, 2.45) is 0 Å². The zero-order valence-electron chi connectivity index (χ0n) is 9.44. The van der Waals surface area contributed by atoms with Crippen LogP contribution in [0.1, 0.15) is 31.4 Å². The Balaban J connectivity index is 2.10. The van der Waals surface area contributed by atoms with Crippen molar-refractivity contribution in [3.05, 3.63) is 29.8 Å². The van der Waals surface area contributed by atoms with Gasteiger partial charge in [-0.1, -0.05) is 18.2 Å². The van der Waals surface area contributed by atoms with Gasteiger partial charge < -0.3 is 10.1 Å². The summed E-state index contributed by atoms with van der Waals surface area (Å²) in [4.78, 5) is 0. The van der Waals surface area contributed by atoms with Crippen molar-refractivity contribution in [1.29, 1.82) is 5.26 Å². The maximum Gasteiger partial charge on any atom is 0.124 e. The van der Waals surface area contributed by atoms with Crippen LogP contribution in [-0.2, 0) is 0 Å². The fourth-order valence-electron chi connectivity index (χ4n) is 2.05. The van der Waals surface area contributed by atoms with E-state index in [1.54, 1.807) is 0 Å². The van der Waals surface area contributed by atoms with Gasteiger partial charge in [-0.3, -0.25) is 0 Å². The number of para-hydroxylation sites is 1. The number of nitrogens with one attached hydrogen (secondary N) is 1. The molecule has 3 nitrogen and oxygen atoms in total. The Bertz CT molecular complexity index is 397. The Morgan fingerprint density at radius 1 is 1.56 bits per heavy atom. The molecule has 0 amide bonds. The molecule has 0 aromatic heterocycles. The van der Waals surface area contributed by atoms with E-state index >= 15 is 0 Å². The van der Waals surface area contributed by atoms with Crippen LogP contribution in [-0.4, -0.2) is 12.6 Å². The van der Waals surface area contributed by atoms with Gasteiger partial charge >= 0.3 is 0 Å². The molecular formula is C13H16N2O. The van der Waals surface area contributed by atoms with E-state index in [2.05, 4.69) is 17.5 Å². The number of benzene rings is 1. The van der Waals surface area contributed by atoms with Gasteiger partial charge in [-0.2, -0.15) is 5.26 Å². The third kappa shape index (κ3) is 2.34. The fraction of sp³-hybridized carbons (Fsp3) is 0.462. The lowest BCUT2D eigenvalue weighted by atomic mass is 9.99. The zero-order valence-corrected chi connectivity index (χ0v) is 9.44. The molecule has 1 heterocycles. The van der Waals surface area contributed by atoms with Crippen LogP contribution in [0.4, 0.5) is 0 Å². The molecule has 0 bridgehead atoms. The monoisotopic (exact) mass is 216 g/mol. The summed E-state index contributed by atoms with van der Waals surface area (Å²) in [5.41, 5.74) is 1.21. The van der Waals surface area contributed by atoms with Gasteiger partial charge in [-0.25, -0.2) is 0 Å². The van der Waals surface area contributed by atoms with Gasteiger partial charge in [-0.05, 0) is 13.0 Å². The lowest BCUT2D eigenvalue weighted by Crippen LogP contribution is -2.33. The average molecular weight is 216 g/mol. The molecule has 2 rings (SSSR count). The molecule has 0 saturated heterocycles. The molecule has 0 unspecified atom stereocenters. The van der Waals surface area contributed by atoms with Crippen molar-refractivity contribution in [2.45, 2.75) is 31.8 Å². The summed E-state index contributed by atoms with van der Waals surface area (Å²) in [6.45, 7) is 2.79. The van der Waals surface area contributed by atoms with Gasteiger partial charge in [0, 0.05) is 24.1 Å². The van der Waals surface area contributed by atoms with Crippen LogP contribution in [0.2, 0.25) is 0 Å². The molecule has 84 valence electrons. The molecule has 0 aliphatic carbocycles. The van der Waals surface area contributed by atoms with Crippen molar-refractivity contribution in [1.82, 2.24) is 5.32 Å². The van der Waals surface area contributed by atoms with Crippen molar-refractivity contribution >= 4 is 0 Å². The summed E-state index contributed by atoms with van der Waals surface area (Å²) in [5, 5.41) is 12.1. The second kappa shape index (κ2) is 5.00. The van der Waals surface area contributed by atoms with Crippen molar-refractivity contribution in [3.8, 4) is 11.8 Å². The lowest BCUT2D eigenvalue weighted by molar-refractivity contribution is 0.246. The van der Waals surface area contributed by atoms with Crippen LogP contribution in [0.5, 0.6) is 5.75 Å². The molecule has 2 atom stereocenters. The Morgan fingerprint density at radius 2 is 2.38 bits per heavy atom. The first kappa shape index (κ1) is 11.0. The summed E-state index contributed by atoms with van der Waals surface area (Å²) in [5.74, 6) is 0.968. The van der Waals surface area contributed by atoms with E-state index in [4.69, 9.17) is 10.00 Å². The molecule has 0 fully saturated rings. The van der Waals surface area contributed by atoms with E-state index in [1.165, 1.54) is 5.56 Å². The van der Waals surface area contributed by atoms with Gasteiger partial charge in [-0.15, -0.1) is 0 Å². The number of hydrogen-bond donors (Lipinski definition) is 1. The first-order valence-corrected chi connectivity index (χ1v) is 5.66. The molecular weight excluding hydrogens is 200 g/mol. The Hall–Kier alpha value is -1.53. The highest BCUT2D eigenvalue weighted by atomic mass is 16.5. The van der Waals surface area contributed by atoms with E-state index < -0.39 is 0 Å². The molecule has 3 heteroatoms. The van der Waals surface area contributed by atoms with E-state index in [-0.39, 0.29) is 6.04 Å². The summed E-state index contributed by atoms with van der Waals surface area (Å²) in [6.07, 6.45) is 1.51. The van der Waals surface area contributed by atoms with Crippen LogP contribution >= 0.6 is 0 Å².